The number of aryl methyl sites for hydroxylation is 1. The minimum Gasteiger partial charge on any atom is -0.367 e. The first kappa shape index (κ1) is 26.0. The molecule has 0 unspecified atom stereocenters. The molecular weight excluding hydrogens is 466 g/mol. The molecule has 0 aliphatic heterocycles. The number of carbonyl (C=O) groups is 1. The minimum atomic E-state index is -0.770. The molecule has 36 heavy (non-hydrogen) atoms. The maximum atomic E-state index is 14.1. The van der Waals surface area contributed by atoms with Crippen LogP contribution >= 0.6 is 11.8 Å². The van der Waals surface area contributed by atoms with Crippen molar-refractivity contribution in [3.63, 3.8) is 0 Å². The fourth-order valence-corrected chi connectivity index (χ4v) is 6.19. The van der Waals surface area contributed by atoms with Crippen LogP contribution in [0.15, 0.2) is 66.7 Å². The van der Waals surface area contributed by atoms with Crippen molar-refractivity contribution in [3.05, 3.63) is 83.7 Å². The van der Waals surface area contributed by atoms with Crippen LogP contribution in [0.1, 0.15) is 49.6 Å². The molecule has 4 rings (SSSR count). The molecule has 0 saturated heterocycles. The van der Waals surface area contributed by atoms with Crippen LogP contribution in [0.5, 0.6) is 0 Å². The molecule has 1 aliphatic rings. The van der Waals surface area contributed by atoms with E-state index in [1.807, 2.05) is 68.4 Å². The summed E-state index contributed by atoms with van der Waals surface area (Å²) >= 11 is 1.69. The van der Waals surface area contributed by atoms with Gasteiger partial charge in [0.1, 0.15) is 22.2 Å². The van der Waals surface area contributed by atoms with Gasteiger partial charge in [0, 0.05) is 32.2 Å². The number of nitrogens with zero attached hydrogens (tertiary/aromatic N) is 3. The normalized spacial score (nSPS) is 17.9. The Balaban J connectivity index is 1.47. The van der Waals surface area contributed by atoms with Gasteiger partial charge in [-0.3, -0.25) is 4.79 Å². The smallest absolute Gasteiger partial charge is 0.245 e. The summed E-state index contributed by atoms with van der Waals surface area (Å²) in [5, 5.41) is 7.04. The first-order valence-corrected chi connectivity index (χ1v) is 13.8. The van der Waals surface area contributed by atoms with Crippen LogP contribution < -0.4 is 15.5 Å². The lowest BCUT2D eigenvalue weighted by molar-refractivity contribution is -0.123. The highest BCUT2D eigenvalue weighted by molar-refractivity contribution is 8.01. The second kappa shape index (κ2) is 11.8. The number of anilines is 2. The number of thioether (sulfide) groups is 1. The van der Waals surface area contributed by atoms with Gasteiger partial charge >= 0.3 is 0 Å². The van der Waals surface area contributed by atoms with Crippen molar-refractivity contribution >= 4 is 29.3 Å². The topological polar surface area (TPSA) is 70.2 Å². The highest BCUT2D eigenvalue weighted by atomic mass is 32.2. The molecular formula is C29H37N5OS. The van der Waals surface area contributed by atoms with Gasteiger partial charge in [0.15, 0.2) is 0 Å². The molecule has 3 aromatic rings. The van der Waals surface area contributed by atoms with Gasteiger partial charge in [-0.15, -0.1) is 11.8 Å². The Morgan fingerprint density at radius 2 is 1.50 bits per heavy atom. The maximum Gasteiger partial charge on any atom is 0.245 e. The predicted molar refractivity (Wildman–Crippen MR) is 151 cm³/mol. The van der Waals surface area contributed by atoms with Crippen molar-refractivity contribution in [2.45, 2.75) is 56.4 Å². The molecule has 1 heterocycles. The molecule has 190 valence electrons. The first-order chi connectivity index (χ1) is 17.4. The fraction of sp³-hybridized carbons (Fsp3) is 0.414. The number of nitrogens with one attached hydrogen (secondary N) is 2. The number of amides is 1. The van der Waals surface area contributed by atoms with Gasteiger partial charge in [-0.25, -0.2) is 9.97 Å². The van der Waals surface area contributed by atoms with E-state index in [0.717, 1.165) is 60.0 Å². The van der Waals surface area contributed by atoms with Crippen LogP contribution in [0.25, 0.3) is 0 Å². The summed E-state index contributed by atoms with van der Waals surface area (Å²) < 4.78 is -0.770. The number of benzene rings is 2. The lowest BCUT2D eigenvalue weighted by atomic mass is 9.87. The third-order valence-corrected chi connectivity index (χ3v) is 8.12. The molecule has 1 aromatic heterocycles. The van der Waals surface area contributed by atoms with Crippen molar-refractivity contribution in [2.24, 2.45) is 0 Å². The molecule has 0 radical (unpaired) electrons. The van der Waals surface area contributed by atoms with E-state index in [-0.39, 0.29) is 11.9 Å². The molecule has 0 bridgehead atoms. The van der Waals surface area contributed by atoms with Gasteiger partial charge in [-0.1, -0.05) is 67.6 Å². The zero-order valence-corrected chi connectivity index (χ0v) is 22.5. The van der Waals surface area contributed by atoms with Gasteiger partial charge < -0.3 is 15.5 Å². The lowest BCUT2D eigenvalue weighted by Crippen LogP contribution is -2.49. The van der Waals surface area contributed by atoms with E-state index in [1.165, 1.54) is 0 Å². The Morgan fingerprint density at radius 3 is 2.03 bits per heavy atom. The highest BCUT2D eigenvalue weighted by Crippen LogP contribution is 2.43. The van der Waals surface area contributed by atoms with Gasteiger partial charge in [0.2, 0.25) is 5.91 Å². The van der Waals surface area contributed by atoms with Crippen molar-refractivity contribution in [1.82, 2.24) is 15.3 Å². The highest BCUT2D eigenvalue weighted by Gasteiger charge is 2.43. The summed E-state index contributed by atoms with van der Waals surface area (Å²) in [5.41, 5.74) is 2.04. The molecule has 6 nitrogen and oxygen atoms in total. The minimum absolute atomic E-state index is 0.0743. The third-order valence-electron chi connectivity index (χ3n) is 6.74. The molecule has 1 amide bonds. The van der Waals surface area contributed by atoms with Crippen LogP contribution in [-0.4, -0.2) is 47.8 Å². The van der Waals surface area contributed by atoms with Gasteiger partial charge in [0.05, 0.1) is 0 Å². The van der Waals surface area contributed by atoms with E-state index in [0.29, 0.717) is 6.04 Å². The Bertz CT molecular complexity index is 1090. The SMILES string of the molecule is CCSC(C(=O)NC1CCC(Nc2cc(N(C)C)nc(C)n2)CC1)(c1ccccc1)c1ccccc1. The zero-order chi connectivity index (χ0) is 25.5. The van der Waals surface area contributed by atoms with Crippen LogP contribution in [-0.2, 0) is 9.54 Å². The van der Waals surface area contributed by atoms with Gasteiger partial charge in [-0.2, -0.15) is 0 Å². The standard InChI is InChI=1S/C29H37N5OS/c1-5-36-29(22-12-8-6-9-13-22,23-14-10-7-11-15-23)28(35)33-25-18-16-24(17-19-25)32-26-20-27(34(3)4)31-21(2)30-26/h6-15,20,24-25H,5,16-19H2,1-4H3,(H,33,35)(H,30,31,32). The summed E-state index contributed by atoms with van der Waals surface area (Å²) in [6.45, 7) is 4.04. The second-order valence-electron chi connectivity index (χ2n) is 9.57. The van der Waals surface area contributed by atoms with Crippen molar-refractivity contribution in [3.8, 4) is 0 Å². The number of hydrogen-bond acceptors (Lipinski definition) is 6. The van der Waals surface area contributed by atoms with E-state index in [1.54, 1.807) is 11.8 Å². The van der Waals surface area contributed by atoms with E-state index in [9.17, 15) is 4.79 Å². The average Bonchev–Trinajstić information content (AvgIpc) is 2.89. The Morgan fingerprint density at radius 1 is 0.944 bits per heavy atom. The number of rotatable bonds is 9. The third kappa shape index (κ3) is 5.84. The summed E-state index contributed by atoms with van der Waals surface area (Å²) in [6, 6.07) is 22.8. The van der Waals surface area contributed by atoms with E-state index >= 15 is 0 Å². The molecule has 0 spiro atoms. The Kier molecular flexibility index (Phi) is 8.52. The van der Waals surface area contributed by atoms with Crippen LogP contribution in [0.4, 0.5) is 11.6 Å². The fourth-order valence-electron chi connectivity index (χ4n) is 4.96. The quantitative estimate of drug-likeness (QED) is 0.408. The largest absolute Gasteiger partial charge is 0.367 e. The molecule has 1 aliphatic carbocycles. The number of carbonyl (C=O) groups excluding carboxylic acids is 1. The maximum absolute atomic E-state index is 14.1. The molecule has 0 atom stereocenters. The van der Waals surface area contributed by atoms with Crippen molar-refractivity contribution in [1.29, 1.82) is 0 Å². The predicted octanol–water partition coefficient (Wildman–Crippen LogP) is 5.39. The van der Waals surface area contributed by atoms with Gasteiger partial charge in [0.25, 0.3) is 0 Å². The zero-order valence-electron chi connectivity index (χ0n) is 21.7. The Hall–Kier alpha value is -3.06. The van der Waals surface area contributed by atoms with Crippen LogP contribution in [0, 0.1) is 6.92 Å². The summed E-state index contributed by atoms with van der Waals surface area (Å²) in [4.78, 5) is 25.1. The molecule has 7 heteroatoms. The first-order valence-electron chi connectivity index (χ1n) is 12.8. The molecule has 2 aromatic carbocycles. The number of aromatic nitrogens is 2. The number of hydrogen-bond donors (Lipinski definition) is 2. The van der Waals surface area contributed by atoms with Crippen LogP contribution in [0.2, 0.25) is 0 Å². The second-order valence-corrected chi connectivity index (χ2v) is 11.0. The summed E-state index contributed by atoms with van der Waals surface area (Å²) in [7, 11) is 3.97. The van der Waals surface area contributed by atoms with Crippen molar-refractivity contribution in [2.75, 3.05) is 30.1 Å². The molecule has 1 saturated carbocycles. The lowest BCUT2D eigenvalue weighted by Gasteiger charge is -2.36. The van der Waals surface area contributed by atoms with Crippen LogP contribution in [0.3, 0.4) is 0 Å². The van der Waals surface area contributed by atoms with Gasteiger partial charge in [-0.05, 0) is 49.5 Å². The molecule has 2 N–H and O–H groups in total. The van der Waals surface area contributed by atoms with E-state index in [2.05, 4.69) is 51.8 Å². The molecule has 1 fully saturated rings. The average molecular weight is 504 g/mol. The summed E-state index contributed by atoms with van der Waals surface area (Å²) in [5.74, 6) is 3.44. The van der Waals surface area contributed by atoms with E-state index in [4.69, 9.17) is 0 Å². The Labute approximate surface area is 219 Å². The van der Waals surface area contributed by atoms with Crippen molar-refractivity contribution < 1.29 is 4.79 Å². The summed E-state index contributed by atoms with van der Waals surface area (Å²) in [6.07, 6.45) is 3.83. The van der Waals surface area contributed by atoms with E-state index < -0.39 is 4.75 Å². The monoisotopic (exact) mass is 503 g/mol.